The summed E-state index contributed by atoms with van der Waals surface area (Å²) in [5, 5.41) is 2.24. The van der Waals surface area contributed by atoms with Crippen molar-refractivity contribution in [3.05, 3.63) is 29.3 Å². The van der Waals surface area contributed by atoms with Gasteiger partial charge in [-0.15, -0.1) is 0 Å². The predicted octanol–water partition coefficient (Wildman–Crippen LogP) is 0.969. The van der Waals surface area contributed by atoms with E-state index in [1.165, 1.54) is 0 Å². The smallest absolute Gasteiger partial charge is 0.259 e. The molecule has 3 N–H and O–H groups in total. The maximum atomic E-state index is 11.4. The minimum atomic E-state index is -0.368. The van der Waals surface area contributed by atoms with Crippen LogP contribution in [0, 0.1) is 5.92 Å². The maximum absolute atomic E-state index is 11.4. The van der Waals surface area contributed by atoms with Crippen LogP contribution in [0.25, 0.3) is 0 Å². The Morgan fingerprint density at radius 1 is 1.24 bits per heavy atom. The maximum Gasteiger partial charge on any atom is 0.259 e. The highest BCUT2D eigenvalue weighted by molar-refractivity contribution is 6.21. The van der Waals surface area contributed by atoms with Crippen LogP contribution in [-0.2, 0) is 0 Å². The summed E-state index contributed by atoms with van der Waals surface area (Å²) in [6.07, 6.45) is 2.17. The Labute approximate surface area is 97.7 Å². The monoisotopic (exact) mass is 229 g/mol. The second kappa shape index (κ2) is 3.41. The molecule has 0 bridgehead atoms. The summed E-state index contributed by atoms with van der Waals surface area (Å²) in [4.78, 5) is 27.0. The summed E-state index contributed by atoms with van der Waals surface area (Å²) in [5.74, 6) is 0.274. The van der Waals surface area contributed by atoms with Gasteiger partial charge in [-0.3, -0.25) is 14.9 Å². The lowest BCUT2D eigenvalue weighted by atomic mass is 10.1. The van der Waals surface area contributed by atoms with E-state index < -0.39 is 0 Å². The standard InChI is InChI=1S/C12H11N3O2/c13-10(6-1-2-6)14-7-3-4-8-9(5-7)12(17)15-11(8)16/h3-6H,1-2H2,(H2,13,14)(H,15,16,17). The summed E-state index contributed by atoms with van der Waals surface area (Å²) in [5.41, 5.74) is 7.20. The molecule has 1 aromatic rings. The lowest BCUT2D eigenvalue weighted by Gasteiger charge is -1.99. The number of aliphatic imine (C=N–C) groups is 1. The van der Waals surface area contributed by atoms with Gasteiger partial charge in [-0.05, 0) is 31.0 Å². The molecule has 0 atom stereocenters. The highest BCUT2D eigenvalue weighted by Crippen LogP contribution is 2.30. The molecule has 0 unspecified atom stereocenters. The van der Waals surface area contributed by atoms with Gasteiger partial charge in [0.2, 0.25) is 0 Å². The number of nitrogens with zero attached hydrogens (tertiary/aromatic N) is 1. The third-order valence-corrected chi connectivity index (χ3v) is 2.97. The van der Waals surface area contributed by atoms with Crippen molar-refractivity contribution < 1.29 is 9.59 Å². The third kappa shape index (κ3) is 1.69. The van der Waals surface area contributed by atoms with Gasteiger partial charge in [0, 0.05) is 5.92 Å². The highest BCUT2D eigenvalue weighted by atomic mass is 16.2. The number of hydrogen-bond donors (Lipinski definition) is 2. The molecular formula is C12H11N3O2. The van der Waals surface area contributed by atoms with Gasteiger partial charge in [-0.2, -0.15) is 0 Å². The van der Waals surface area contributed by atoms with E-state index in [4.69, 9.17) is 5.73 Å². The molecule has 1 heterocycles. The first kappa shape index (κ1) is 10.0. The summed E-state index contributed by atoms with van der Waals surface area (Å²) in [7, 11) is 0. The van der Waals surface area contributed by atoms with Crippen LogP contribution < -0.4 is 11.1 Å². The molecule has 1 fully saturated rings. The average molecular weight is 229 g/mol. The van der Waals surface area contributed by atoms with Gasteiger partial charge in [0.1, 0.15) is 5.84 Å². The number of amidine groups is 1. The molecule has 0 aromatic heterocycles. The number of carbonyl (C=O) groups is 2. The van der Waals surface area contributed by atoms with Crippen LogP contribution in [0.3, 0.4) is 0 Å². The second-order valence-electron chi connectivity index (χ2n) is 4.32. The molecule has 2 amide bonds. The normalized spacial score (nSPS) is 19.2. The van der Waals surface area contributed by atoms with Crippen LogP contribution in [0.15, 0.2) is 23.2 Å². The summed E-state index contributed by atoms with van der Waals surface area (Å²) < 4.78 is 0. The van der Waals surface area contributed by atoms with E-state index in [9.17, 15) is 9.59 Å². The molecule has 0 saturated heterocycles. The molecule has 1 aliphatic heterocycles. The number of nitrogens with one attached hydrogen (secondary N) is 1. The molecule has 0 radical (unpaired) electrons. The van der Waals surface area contributed by atoms with E-state index in [-0.39, 0.29) is 11.8 Å². The van der Waals surface area contributed by atoms with Crippen molar-refractivity contribution in [3.8, 4) is 0 Å². The zero-order valence-electron chi connectivity index (χ0n) is 9.06. The number of rotatable bonds is 2. The van der Waals surface area contributed by atoms with Crippen molar-refractivity contribution in [2.45, 2.75) is 12.8 Å². The number of nitrogens with two attached hydrogens (primary N) is 1. The first-order valence-corrected chi connectivity index (χ1v) is 5.49. The fraction of sp³-hybridized carbons (Fsp3) is 0.250. The van der Waals surface area contributed by atoms with Gasteiger partial charge in [0.25, 0.3) is 11.8 Å². The van der Waals surface area contributed by atoms with Crippen molar-refractivity contribution in [1.29, 1.82) is 0 Å². The van der Waals surface area contributed by atoms with E-state index in [1.54, 1.807) is 18.2 Å². The zero-order chi connectivity index (χ0) is 12.0. The quantitative estimate of drug-likeness (QED) is 0.450. The van der Waals surface area contributed by atoms with E-state index >= 15 is 0 Å². The van der Waals surface area contributed by atoms with Crippen LogP contribution in [0.1, 0.15) is 33.6 Å². The Kier molecular flexibility index (Phi) is 2.01. The Morgan fingerprint density at radius 3 is 2.65 bits per heavy atom. The van der Waals surface area contributed by atoms with Crippen molar-refractivity contribution >= 4 is 23.3 Å². The minimum Gasteiger partial charge on any atom is -0.387 e. The Balaban J connectivity index is 1.98. The van der Waals surface area contributed by atoms with Crippen LogP contribution in [0.2, 0.25) is 0 Å². The van der Waals surface area contributed by atoms with Crippen molar-refractivity contribution in [2.24, 2.45) is 16.6 Å². The molecule has 5 nitrogen and oxygen atoms in total. The van der Waals surface area contributed by atoms with Gasteiger partial charge in [0.15, 0.2) is 0 Å². The fourth-order valence-corrected chi connectivity index (χ4v) is 1.84. The van der Waals surface area contributed by atoms with E-state index in [1.807, 2.05) is 0 Å². The molecule has 2 aliphatic rings. The lowest BCUT2D eigenvalue weighted by Crippen LogP contribution is -2.19. The molecule has 1 aromatic carbocycles. The molecule has 1 saturated carbocycles. The van der Waals surface area contributed by atoms with Crippen LogP contribution in [0.4, 0.5) is 5.69 Å². The number of amides is 2. The molecule has 5 heteroatoms. The second-order valence-corrected chi connectivity index (χ2v) is 4.32. The van der Waals surface area contributed by atoms with Crippen molar-refractivity contribution in [2.75, 3.05) is 0 Å². The lowest BCUT2D eigenvalue weighted by molar-refractivity contribution is 0.0879. The van der Waals surface area contributed by atoms with Crippen LogP contribution in [-0.4, -0.2) is 17.6 Å². The molecule has 3 rings (SSSR count). The zero-order valence-corrected chi connectivity index (χ0v) is 9.06. The minimum absolute atomic E-state index is 0.351. The van der Waals surface area contributed by atoms with Crippen LogP contribution >= 0.6 is 0 Å². The molecule has 17 heavy (non-hydrogen) atoms. The molecule has 86 valence electrons. The largest absolute Gasteiger partial charge is 0.387 e. The average Bonchev–Trinajstić information content (AvgIpc) is 3.08. The van der Waals surface area contributed by atoms with E-state index in [0.717, 1.165) is 12.8 Å². The van der Waals surface area contributed by atoms with Crippen LogP contribution in [0.5, 0.6) is 0 Å². The van der Waals surface area contributed by atoms with E-state index in [0.29, 0.717) is 28.6 Å². The third-order valence-electron chi connectivity index (χ3n) is 2.97. The topological polar surface area (TPSA) is 84.5 Å². The summed E-state index contributed by atoms with van der Waals surface area (Å²) in [6.45, 7) is 0. The number of imide groups is 1. The number of hydrogen-bond acceptors (Lipinski definition) is 3. The van der Waals surface area contributed by atoms with E-state index in [2.05, 4.69) is 10.3 Å². The highest BCUT2D eigenvalue weighted by Gasteiger charge is 2.28. The summed E-state index contributed by atoms with van der Waals surface area (Å²) in [6, 6.07) is 4.91. The Morgan fingerprint density at radius 2 is 1.94 bits per heavy atom. The van der Waals surface area contributed by atoms with Gasteiger partial charge >= 0.3 is 0 Å². The van der Waals surface area contributed by atoms with Crippen molar-refractivity contribution in [1.82, 2.24) is 5.32 Å². The first-order chi connectivity index (χ1) is 8.15. The first-order valence-electron chi connectivity index (χ1n) is 5.49. The fourth-order valence-electron chi connectivity index (χ4n) is 1.84. The SMILES string of the molecule is NC(=Nc1ccc2c(c1)C(=O)NC2=O)C1CC1. The molecule has 0 spiro atoms. The number of benzene rings is 1. The predicted molar refractivity (Wildman–Crippen MR) is 62.2 cm³/mol. The Hall–Kier alpha value is -2.17. The number of carbonyl (C=O) groups excluding carboxylic acids is 2. The summed E-state index contributed by atoms with van der Waals surface area (Å²) >= 11 is 0. The van der Waals surface area contributed by atoms with Gasteiger partial charge in [-0.1, -0.05) is 0 Å². The Bertz CT molecular complexity index is 559. The van der Waals surface area contributed by atoms with Crippen molar-refractivity contribution in [3.63, 3.8) is 0 Å². The van der Waals surface area contributed by atoms with Gasteiger partial charge in [0.05, 0.1) is 16.8 Å². The molecule has 1 aliphatic carbocycles. The van der Waals surface area contributed by atoms with Gasteiger partial charge < -0.3 is 5.73 Å². The van der Waals surface area contributed by atoms with Gasteiger partial charge in [-0.25, -0.2) is 4.99 Å². The molecular weight excluding hydrogens is 218 g/mol. The number of fused-ring (bicyclic) bond motifs is 1.